The fourth-order valence-electron chi connectivity index (χ4n) is 2.40. The number of rotatable bonds is 4. The van der Waals surface area contributed by atoms with E-state index in [-0.39, 0.29) is 11.4 Å². The molecular formula is C15H29O4P. The lowest BCUT2D eigenvalue weighted by Gasteiger charge is -2.33. The Balaban J connectivity index is 2.96. The number of carbonyl (C=O) groups is 1. The monoisotopic (exact) mass is 304 g/mol. The molecule has 0 bridgehead atoms. The van der Waals surface area contributed by atoms with Gasteiger partial charge in [-0.05, 0) is 54.4 Å². The summed E-state index contributed by atoms with van der Waals surface area (Å²) in [5.74, 6) is -0.181. The average Bonchev–Trinajstić information content (AvgIpc) is 2.24. The molecular weight excluding hydrogens is 275 g/mol. The average molecular weight is 304 g/mol. The van der Waals surface area contributed by atoms with E-state index in [1.54, 1.807) is 41.5 Å². The highest BCUT2D eigenvalue weighted by atomic mass is 31.2. The molecule has 0 amide bonds. The topological polar surface area (TPSA) is 52.6 Å². The Morgan fingerprint density at radius 1 is 0.900 bits per heavy atom. The summed E-state index contributed by atoms with van der Waals surface area (Å²) in [6, 6.07) is 0. The molecule has 5 heteroatoms. The molecule has 0 aromatic heterocycles. The summed E-state index contributed by atoms with van der Waals surface area (Å²) in [6.07, 6.45) is 4.77. The molecule has 0 heterocycles. The fraction of sp³-hybridized carbons (Fsp3) is 0.933. The van der Waals surface area contributed by atoms with E-state index in [0.717, 1.165) is 32.1 Å². The van der Waals surface area contributed by atoms with Crippen LogP contribution in [0.15, 0.2) is 0 Å². The first-order valence-corrected chi connectivity index (χ1v) is 9.03. The minimum absolute atomic E-state index is 0.181. The molecule has 20 heavy (non-hydrogen) atoms. The van der Waals surface area contributed by atoms with Crippen LogP contribution in [0.25, 0.3) is 0 Å². The second kappa shape index (κ2) is 6.29. The predicted octanol–water partition coefficient (Wildman–Crippen LogP) is 4.92. The lowest BCUT2D eigenvalue weighted by Crippen LogP contribution is -2.29. The van der Waals surface area contributed by atoms with Crippen LogP contribution in [-0.4, -0.2) is 16.7 Å². The minimum Gasteiger partial charge on any atom is -0.297 e. The molecule has 0 aliphatic heterocycles. The van der Waals surface area contributed by atoms with E-state index in [2.05, 4.69) is 0 Å². The van der Waals surface area contributed by atoms with Crippen LogP contribution >= 0.6 is 7.60 Å². The van der Waals surface area contributed by atoms with Crippen LogP contribution in [0.1, 0.15) is 73.6 Å². The fourth-order valence-corrected chi connectivity index (χ4v) is 4.77. The summed E-state index contributed by atoms with van der Waals surface area (Å²) in [5.41, 5.74) is -1.68. The van der Waals surface area contributed by atoms with Gasteiger partial charge in [0.25, 0.3) is 0 Å². The first kappa shape index (κ1) is 17.9. The highest BCUT2D eigenvalue weighted by Crippen LogP contribution is 2.57. The van der Waals surface area contributed by atoms with Crippen molar-refractivity contribution in [1.29, 1.82) is 0 Å². The molecule has 1 fully saturated rings. The Kier molecular flexibility index (Phi) is 5.62. The molecule has 0 aromatic rings. The normalized spacial score (nSPS) is 19.1. The smallest absolute Gasteiger partial charge is 0.297 e. The largest absolute Gasteiger partial charge is 0.397 e. The van der Waals surface area contributed by atoms with E-state index >= 15 is 0 Å². The molecule has 4 nitrogen and oxygen atoms in total. The van der Waals surface area contributed by atoms with Gasteiger partial charge >= 0.3 is 7.60 Å². The van der Waals surface area contributed by atoms with Crippen molar-refractivity contribution in [3.05, 3.63) is 0 Å². The number of hydrogen-bond donors (Lipinski definition) is 0. The molecule has 1 aliphatic rings. The third-order valence-electron chi connectivity index (χ3n) is 3.01. The first-order chi connectivity index (χ1) is 8.93. The van der Waals surface area contributed by atoms with E-state index in [1.165, 1.54) is 0 Å². The van der Waals surface area contributed by atoms with Gasteiger partial charge in [-0.15, -0.1) is 0 Å². The Hall–Kier alpha value is -0.180. The van der Waals surface area contributed by atoms with Gasteiger partial charge in [0.1, 0.15) is 0 Å². The molecule has 0 aromatic carbocycles. The Labute approximate surface area is 123 Å². The number of hydrogen-bond acceptors (Lipinski definition) is 4. The SMILES string of the molecule is CC(C)(C)OP(=O)(OC(C)(C)C)C(=O)C1CCCCC1. The minimum atomic E-state index is -3.76. The molecule has 0 saturated heterocycles. The van der Waals surface area contributed by atoms with Gasteiger partial charge in [0.15, 0.2) is 0 Å². The molecule has 0 N–H and O–H groups in total. The maximum atomic E-state index is 13.0. The number of carbonyl (C=O) groups excluding carboxylic acids is 1. The molecule has 1 saturated carbocycles. The molecule has 0 atom stereocenters. The van der Waals surface area contributed by atoms with Crippen molar-refractivity contribution < 1.29 is 18.4 Å². The van der Waals surface area contributed by atoms with Crippen LogP contribution in [0.2, 0.25) is 0 Å². The van der Waals surface area contributed by atoms with Gasteiger partial charge in [0.05, 0.1) is 11.2 Å². The van der Waals surface area contributed by atoms with Crippen molar-refractivity contribution in [2.75, 3.05) is 0 Å². The maximum absolute atomic E-state index is 13.0. The van der Waals surface area contributed by atoms with Gasteiger partial charge in [0.2, 0.25) is 5.52 Å². The van der Waals surface area contributed by atoms with Gasteiger partial charge in [-0.3, -0.25) is 18.4 Å². The lowest BCUT2D eigenvalue weighted by molar-refractivity contribution is -0.120. The maximum Gasteiger partial charge on any atom is 0.397 e. The van der Waals surface area contributed by atoms with Gasteiger partial charge in [-0.2, -0.15) is 0 Å². The van der Waals surface area contributed by atoms with Gasteiger partial charge < -0.3 is 0 Å². The second-order valence-corrected chi connectivity index (χ2v) is 9.38. The van der Waals surface area contributed by atoms with Crippen molar-refractivity contribution >= 4 is 13.1 Å². The molecule has 1 rings (SSSR count). The van der Waals surface area contributed by atoms with Crippen LogP contribution in [0.4, 0.5) is 0 Å². The van der Waals surface area contributed by atoms with Crippen LogP contribution in [0.5, 0.6) is 0 Å². The first-order valence-electron chi connectivity index (χ1n) is 7.49. The predicted molar refractivity (Wildman–Crippen MR) is 80.9 cm³/mol. The van der Waals surface area contributed by atoms with E-state index in [9.17, 15) is 9.36 Å². The van der Waals surface area contributed by atoms with Crippen molar-refractivity contribution in [2.45, 2.75) is 84.8 Å². The van der Waals surface area contributed by atoms with Gasteiger partial charge in [0, 0.05) is 5.92 Å². The molecule has 1 aliphatic carbocycles. The van der Waals surface area contributed by atoms with E-state index in [0.29, 0.717) is 0 Å². The van der Waals surface area contributed by atoms with E-state index < -0.39 is 18.8 Å². The highest BCUT2D eigenvalue weighted by Gasteiger charge is 2.45. The zero-order valence-corrected chi connectivity index (χ0v) is 14.6. The second-order valence-electron chi connectivity index (χ2n) is 7.58. The summed E-state index contributed by atoms with van der Waals surface area (Å²) in [6.45, 7) is 10.7. The van der Waals surface area contributed by atoms with Gasteiger partial charge in [-0.1, -0.05) is 19.3 Å². The highest BCUT2D eigenvalue weighted by molar-refractivity contribution is 7.71. The van der Waals surface area contributed by atoms with Crippen LogP contribution in [0.3, 0.4) is 0 Å². The Bertz CT molecular complexity index is 364. The van der Waals surface area contributed by atoms with E-state index in [1.807, 2.05) is 0 Å². The summed E-state index contributed by atoms with van der Waals surface area (Å²) in [7, 11) is -3.76. The Morgan fingerprint density at radius 2 is 1.30 bits per heavy atom. The van der Waals surface area contributed by atoms with Crippen LogP contribution in [-0.2, 0) is 18.4 Å². The lowest BCUT2D eigenvalue weighted by atomic mass is 9.90. The zero-order valence-electron chi connectivity index (χ0n) is 13.7. The summed E-state index contributed by atoms with van der Waals surface area (Å²) >= 11 is 0. The van der Waals surface area contributed by atoms with Gasteiger partial charge in [-0.25, -0.2) is 0 Å². The zero-order chi connectivity index (χ0) is 15.6. The van der Waals surface area contributed by atoms with Crippen LogP contribution < -0.4 is 0 Å². The molecule has 0 unspecified atom stereocenters. The quantitative estimate of drug-likeness (QED) is 0.692. The summed E-state index contributed by atoms with van der Waals surface area (Å²) < 4.78 is 24.2. The van der Waals surface area contributed by atoms with Crippen molar-refractivity contribution in [2.24, 2.45) is 5.92 Å². The molecule has 0 radical (unpaired) electrons. The van der Waals surface area contributed by atoms with Crippen molar-refractivity contribution in [3.8, 4) is 0 Å². The van der Waals surface area contributed by atoms with Crippen molar-refractivity contribution in [3.63, 3.8) is 0 Å². The molecule has 0 spiro atoms. The van der Waals surface area contributed by atoms with Crippen molar-refractivity contribution in [1.82, 2.24) is 0 Å². The Morgan fingerprint density at radius 3 is 1.65 bits per heavy atom. The summed E-state index contributed by atoms with van der Waals surface area (Å²) in [5, 5.41) is 0. The van der Waals surface area contributed by atoms with Crippen LogP contribution in [0, 0.1) is 5.92 Å². The third kappa shape index (κ3) is 5.67. The standard InChI is InChI=1S/C15H29O4P/c1-14(2,3)18-20(17,19-15(4,5)6)13(16)12-10-8-7-9-11-12/h12H,7-11H2,1-6H3. The third-order valence-corrected chi connectivity index (χ3v) is 5.49. The summed E-state index contributed by atoms with van der Waals surface area (Å²) in [4.78, 5) is 12.7. The van der Waals surface area contributed by atoms with E-state index in [4.69, 9.17) is 9.05 Å². The molecule has 118 valence electrons.